The van der Waals surface area contributed by atoms with Crippen molar-refractivity contribution in [1.82, 2.24) is 24.4 Å². The van der Waals surface area contributed by atoms with E-state index in [1.807, 2.05) is 39.0 Å². The Labute approximate surface area is 211 Å². The second-order valence-corrected chi connectivity index (χ2v) is 10.8. The molecule has 1 aliphatic carbocycles. The molecule has 1 aromatic carbocycles. The van der Waals surface area contributed by atoms with Gasteiger partial charge in [-0.05, 0) is 52.3 Å². The van der Waals surface area contributed by atoms with Gasteiger partial charge in [-0.1, -0.05) is 18.2 Å². The first-order valence-corrected chi connectivity index (χ1v) is 12.6. The molecule has 2 aromatic heterocycles. The number of benzene rings is 1. The third-order valence-electron chi connectivity index (χ3n) is 6.58. The molecule has 0 bridgehead atoms. The number of carbonyl (C=O) groups is 2. The number of piperazine rings is 1. The maximum atomic E-state index is 13.3. The Balaban J connectivity index is 1.54. The summed E-state index contributed by atoms with van der Waals surface area (Å²) < 4.78 is 7.31. The molecule has 36 heavy (non-hydrogen) atoms. The Morgan fingerprint density at radius 2 is 1.92 bits per heavy atom. The van der Waals surface area contributed by atoms with Gasteiger partial charge in [0, 0.05) is 50.4 Å². The number of aromatic nitrogens is 3. The van der Waals surface area contributed by atoms with E-state index in [1.165, 1.54) is 11.8 Å². The normalized spacial score (nSPS) is 17.3. The van der Waals surface area contributed by atoms with Gasteiger partial charge in [-0.15, -0.1) is 0 Å². The molecule has 5 rings (SSSR count). The van der Waals surface area contributed by atoms with Gasteiger partial charge >= 0.3 is 6.09 Å². The fourth-order valence-electron chi connectivity index (χ4n) is 4.53. The summed E-state index contributed by atoms with van der Waals surface area (Å²) in [6, 6.07) is 10.2. The van der Waals surface area contributed by atoms with E-state index in [4.69, 9.17) is 9.72 Å². The lowest BCUT2D eigenvalue weighted by Crippen LogP contribution is -2.43. The third-order valence-corrected chi connectivity index (χ3v) is 6.58. The number of rotatable bonds is 6. The van der Waals surface area contributed by atoms with Crippen molar-refractivity contribution in [3.05, 3.63) is 47.7 Å². The lowest BCUT2D eigenvalue weighted by Gasteiger charge is -2.32. The average Bonchev–Trinajstić information content (AvgIpc) is 3.57. The van der Waals surface area contributed by atoms with Crippen LogP contribution in [0.3, 0.4) is 0 Å². The first-order chi connectivity index (χ1) is 17.2. The summed E-state index contributed by atoms with van der Waals surface area (Å²) in [4.78, 5) is 36.3. The molecule has 0 N–H and O–H groups in total. The van der Waals surface area contributed by atoms with Crippen LogP contribution in [0.2, 0.25) is 0 Å². The monoisotopic (exact) mass is 490 g/mol. The zero-order valence-electron chi connectivity index (χ0n) is 21.5. The molecule has 0 unspecified atom stereocenters. The summed E-state index contributed by atoms with van der Waals surface area (Å²) in [7, 11) is 2.16. The van der Waals surface area contributed by atoms with E-state index in [1.54, 1.807) is 9.42 Å². The number of aldehydes is 1. The molecule has 1 saturated carbocycles. The Kier molecular flexibility index (Phi) is 6.53. The molecule has 3 heterocycles. The maximum Gasteiger partial charge on any atom is 0.416 e. The fraction of sp³-hybridized carbons (Fsp3) is 0.481. The van der Waals surface area contributed by atoms with Crippen molar-refractivity contribution in [1.29, 1.82) is 0 Å². The molecule has 0 spiro atoms. The van der Waals surface area contributed by atoms with Crippen molar-refractivity contribution < 1.29 is 14.3 Å². The van der Waals surface area contributed by atoms with Gasteiger partial charge in [-0.3, -0.25) is 14.6 Å². The zero-order chi connectivity index (χ0) is 25.4. The number of hydrogen-bond acceptors (Lipinski definition) is 7. The highest BCUT2D eigenvalue weighted by Crippen LogP contribution is 2.35. The number of nitrogens with zero attached hydrogens (tertiary/aromatic N) is 6. The summed E-state index contributed by atoms with van der Waals surface area (Å²) in [6.45, 7) is 10.7. The Hall–Kier alpha value is -3.30. The van der Waals surface area contributed by atoms with E-state index >= 15 is 0 Å². The average molecular weight is 491 g/mol. The maximum absolute atomic E-state index is 13.3. The Morgan fingerprint density at radius 3 is 2.58 bits per heavy atom. The first kappa shape index (κ1) is 24.4. The third kappa shape index (κ3) is 5.27. The van der Waals surface area contributed by atoms with Gasteiger partial charge < -0.3 is 9.64 Å². The van der Waals surface area contributed by atoms with Crippen molar-refractivity contribution in [2.24, 2.45) is 0 Å². The van der Waals surface area contributed by atoms with Crippen molar-refractivity contribution in [3.8, 4) is 11.3 Å². The van der Waals surface area contributed by atoms with E-state index in [0.717, 1.165) is 57.4 Å². The van der Waals surface area contributed by atoms with Gasteiger partial charge in [0.2, 0.25) is 0 Å². The van der Waals surface area contributed by atoms with Crippen LogP contribution in [-0.2, 0) is 11.3 Å². The summed E-state index contributed by atoms with van der Waals surface area (Å²) in [5, 5.41) is 4.40. The predicted molar refractivity (Wildman–Crippen MR) is 138 cm³/mol. The van der Waals surface area contributed by atoms with Crippen LogP contribution in [0.15, 0.2) is 36.5 Å². The molecular formula is C27H34N6O3. The van der Waals surface area contributed by atoms with Crippen LogP contribution in [0.4, 0.5) is 10.6 Å². The second-order valence-electron chi connectivity index (χ2n) is 10.8. The van der Waals surface area contributed by atoms with Crippen molar-refractivity contribution in [2.45, 2.75) is 51.8 Å². The van der Waals surface area contributed by atoms with Gasteiger partial charge in [-0.25, -0.2) is 9.78 Å². The SMILES string of the molecule is CN1CCN(Cc2cccc(-c3cc(N(C(=O)OC(C)(C)C)C4CC4)n4ncc(C=O)c4n3)c2)CC1. The van der Waals surface area contributed by atoms with Gasteiger partial charge in [-0.2, -0.15) is 9.61 Å². The second kappa shape index (κ2) is 9.63. The molecule has 1 saturated heterocycles. The van der Waals surface area contributed by atoms with E-state index < -0.39 is 11.7 Å². The van der Waals surface area contributed by atoms with Crippen LogP contribution in [0.5, 0.6) is 0 Å². The van der Waals surface area contributed by atoms with Crippen LogP contribution < -0.4 is 4.90 Å². The lowest BCUT2D eigenvalue weighted by molar-refractivity contribution is 0.0576. The topological polar surface area (TPSA) is 83.3 Å². The smallest absolute Gasteiger partial charge is 0.416 e. The van der Waals surface area contributed by atoms with Crippen LogP contribution >= 0.6 is 0 Å². The fourth-order valence-corrected chi connectivity index (χ4v) is 4.53. The van der Waals surface area contributed by atoms with Crippen molar-refractivity contribution in [3.63, 3.8) is 0 Å². The number of anilines is 1. The highest BCUT2D eigenvalue weighted by molar-refractivity contribution is 5.91. The van der Waals surface area contributed by atoms with Crippen LogP contribution in [0, 0.1) is 0 Å². The molecular weight excluding hydrogens is 456 g/mol. The van der Waals surface area contributed by atoms with Gasteiger partial charge in [0.1, 0.15) is 11.4 Å². The summed E-state index contributed by atoms with van der Waals surface area (Å²) in [6.07, 6.45) is 3.60. The quantitative estimate of drug-likeness (QED) is 0.485. The predicted octanol–water partition coefficient (Wildman–Crippen LogP) is 3.86. The highest BCUT2D eigenvalue weighted by atomic mass is 16.6. The molecule has 3 aromatic rings. The van der Waals surface area contributed by atoms with Gasteiger partial charge in [0.25, 0.3) is 0 Å². The minimum atomic E-state index is -0.630. The number of hydrogen-bond donors (Lipinski definition) is 0. The molecule has 2 fully saturated rings. The summed E-state index contributed by atoms with van der Waals surface area (Å²) in [5.41, 5.74) is 3.01. The minimum absolute atomic E-state index is 0.0331. The van der Waals surface area contributed by atoms with Crippen LogP contribution in [0.25, 0.3) is 16.9 Å². The van der Waals surface area contributed by atoms with Gasteiger partial charge in [0.15, 0.2) is 11.9 Å². The molecule has 9 heteroatoms. The van der Waals surface area contributed by atoms with Crippen molar-refractivity contribution >= 4 is 23.8 Å². The first-order valence-electron chi connectivity index (χ1n) is 12.6. The summed E-state index contributed by atoms with van der Waals surface area (Å²) >= 11 is 0. The van der Waals surface area contributed by atoms with Gasteiger partial charge in [0.05, 0.1) is 17.5 Å². The van der Waals surface area contributed by atoms with E-state index in [0.29, 0.717) is 22.7 Å². The zero-order valence-corrected chi connectivity index (χ0v) is 21.5. The summed E-state index contributed by atoms with van der Waals surface area (Å²) in [5.74, 6) is 0.560. The highest BCUT2D eigenvalue weighted by Gasteiger charge is 2.38. The van der Waals surface area contributed by atoms with Crippen molar-refractivity contribution in [2.75, 3.05) is 38.1 Å². The number of ether oxygens (including phenoxy) is 1. The molecule has 0 radical (unpaired) electrons. The Bertz CT molecular complexity index is 1270. The van der Waals surface area contributed by atoms with E-state index in [9.17, 15) is 9.59 Å². The molecule has 9 nitrogen and oxygen atoms in total. The largest absolute Gasteiger partial charge is 0.443 e. The number of amides is 1. The van der Waals surface area contributed by atoms with Crippen LogP contribution in [-0.4, -0.2) is 81.6 Å². The number of carbonyl (C=O) groups excluding carboxylic acids is 2. The molecule has 2 aliphatic rings. The molecule has 0 atom stereocenters. The lowest BCUT2D eigenvalue weighted by atomic mass is 10.1. The minimum Gasteiger partial charge on any atom is -0.443 e. The number of likely N-dealkylation sites (N-methyl/N-ethyl adjacent to an activating group) is 1. The standard InChI is InChI=1S/C27H34N6O3/c1-27(2,3)36-26(35)32(22-8-9-22)24-15-23(29-25-21(18-34)16-28-33(24)25)20-7-5-6-19(14-20)17-31-12-10-30(4)11-13-31/h5-7,14-16,18,22H,8-13,17H2,1-4H3. The van der Waals surface area contributed by atoms with Crippen LogP contribution in [0.1, 0.15) is 49.5 Å². The molecule has 1 aliphatic heterocycles. The molecule has 190 valence electrons. The van der Waals surface area contributed by atoms with E-state index in [-0.39, 0.29) is 6.04 Å². The molecule has 1 amide bonds. The Morgan fingerprint density at radius 1 is 1.17 bits per heavy atom. The van der Waals surface area contributed by atoms with E-state index in [2.05, 4.69) is 34.1 Å². The number of fused-ring (bicyclic) bond motifs is 1.